The van der Waals surface area contributed by atoms with Crippen molar-refractivity contribution in [3.05, 3.63) is 40.8 Å². The number of carbonyl (C=O) groups excluding carboxylic acids is 2. The molecule has 1 atom stereocenters. The maximum Gasteiger partial charge on any atom is 0.327 e. The van der Waals surface area contributed by atoms with Crippen molar-refractivity contribution in [2.75, 3.05) is 18.1 Å². The van der Waals surface area contributed by atoms with Gasteiger partial charge in [-0.2, -0.15) is 0 Å². The molecular weight excluding hydrogens is 260 g/mol. The zero-order chi connectivity index (χ0) is 14.6. The standard InChI is InChI=1S/C13H14N4O3/c1-2-20-12(19)13(15-16-14)8-9-17(11(13)18)10-6-4-3-5-7-10/h3-7H,2,8-9H2,1H3. The first kappa shape index (κ1) is 13.9. The molecule has 1 unspecified atom stereocenters. The second-order valence-corrected chi connectivity index (χ2v) is 4.31. The van der Waals surface area contributed by atoms with E-state index in [0.29, 0.717) is 12.2 Å². The molecule has 7 heteroatoms. The monoisotopic (exact) mass is 274 g/mol. The van der Waals surface area contributed by atoms with Crippen LogP contribution in [0.3, 0.4) is 0 Å². The molecule has 1 aromatic rings. The van der Waals surface area contributed by atoms with Crippen LogP contribution in [0.2, 0.25) is 0 Å². The maximum absolute atomic E-state index is 12.5. The van der Waals surface area contributed by atoms with Gasteiger partial charge in [-0.3, -0.25) is 9.59 Å². The van der Waals surface area contributed by atoms with Crippen LogP contribution in [0, 0.1) is 0 Å². The first-order chi connectivity index (χ1) is 9.65. The Bertz CT molecular complexity index is 568. The Morgan fingerprint density at radius 3 is 2.80 bits per heavy atom. The third-order valence-corrected chi connectivity index (χ3v) is 3.19. The van der Waals surface area contributed by atoms with E-state index in [0.717, 1.165) is 0 Å². The maximum atomic E-state index is 12.5. The Labute approximate surface area is 115 Å². The third-order valence-electron chi connectivity index (χ3n) is 3.19. The lowest BCUT2D eigenvalue weighted by Crippen LogP contribution is -2.46. The van der Waals surface area contributed by atoms with Gasteiger partial charge in [-0.25, -0.2) is 0 Å². The molecular formula is C13H14N4O3. The number of esters is 1. The molecule has 0 aliphatic carbocycles. The van der Waals surface area contributed by atoms with Crippen molar-refractivity contribution in [1.29, 1.82) is 0 Å². The molecule has 1 heterocycles. The molecule has 0 aromatic heterocycles. The number of rotatable bonds is 4. The van der Waals surface area contributed by atoms with Crippen molar-refractivity contribution in [3.63, 3.8) is 0 Å². The van der Waals surface area contributed by atoms with Gasteiger partial charge in [0, 0.05) is 17.1 Å². The minimum Gasteiger partial charge on any atom is -0.465 e. The third kappa shape index (κ3) is 2.19. The van der Waals surface area contributed by atoms with Gasteiger partial charge in [0.05, 0.1) is 6.61 Å². The van der Waals surface area contributed by atoms with Crippen molar-refractivity contribution in [2.24, 2.45) is 5.11 Å². The average Bonchev–Trinajstić information content (AvgIpc) is 2.79. The van der Waals surface area contributed by atoms with Gasteiger partial charge in [-0.15, -0.1) is 0 Å². The van der Waals surface area contributed by atoms with Crippen LogP contribution in [0.15, 0.2) is 35.4 Å². The summed E-state index contributed by atoms with van der Waals surface area (Å²) in [6.07, 6.45) is 0.115. The molecule has 2 rings (SSSR count). The molecule has 0 spiro atoms. The number of hydrogen-bond acceptors (Lipinski definition) is 4. The second-order valence-electron chi connectivity index (χ2n) is 4.31. The molecule has 1 saturated heterocycles. The first-order valence-corrected chi connectivity index (χ1v) is 6.26. The summed E-state index contributed by atoms with van der Waals surface area (Å²) in [6.45, 7) is 2.07. The van der Waals surface area contributed by atoms with Crippen LogP contribution < -0.4 is 4.90 Å². The summed E-state index contributed by atoms with van der Waals surface area (Å²) in [7, 11) is 0. The molecule has 0 saturated carbocycles. The first-order valence-electron chi connectivity index (χ1n) is 6.26. The van der Waals surface area contributed by atoms with E-state index in [9.17, 15) is 9.59 Å². The van der Waals surface area contributed by atoms with Crippen LogP contribution in [0.25, 0.3) is 10.4 Å². The summed E-state index contributed by atoms with van der Waals surface area (Å²) < 4.78 is 4.89. The largest absolute Gasteiger partial charge is 0.465 e. The van der Waals surface area contributed by atoms with Gasteiger partial charge in [-0.05, 0) is 31.0 Å². The topological polar surface area (TPSA) is 95.4 Å². The summed E-state index contributed by atoms with van der Waals surface area (Å²) >= 11 is 0. The molecule has 1 fully saturated rings. The van der Waals surface area contributed by atoms with Crippen LogP contribution in [-0.2, 0) is 14.3 Å². The molecule has 0 N–H and O–H groups in total. The minimum absolute atomic E-state index is 0.115. The molecule has 1 amide bonds. The van der Waals surface area contributed by atoms with Gasteiger partial charge in [0.2, 0.25) is 5.54 Å². The zero-order valence-electron chi connectivity index (χ0n) is 11.0. The molecule has 7 nitrogen and oxygen atoms in total. The van der Waals surface area contributed by atoms with Crippen LogP contribution in [0.1, 0.15) is 13.3 Å². The molecule has 1 aliphatic rings. The van der Waals surface area contributed by atoms with E-state index in [1.54, 1.807) is 31.2 Å². The molecule has 1 aliphatic heterocycles. The lowest BCUT2D eigenvalue weighted by atomic mass is 9.99. The van der Waals surface area contributed by atoms with Gasteiger partial charge in [-0.1, -0.05) is 23.3 Å². The quantitative estimate of drug-likeness (QED) is 0.276. The number of azide groups is 1. The lowest BCUT2D eigenvalue weighted by molar-refractivity contribution is -0.152. The predicted molar refractivity (Wildman–Crippen MR) is 71.9 cm³/mol. The van der Waals surface area contributed by atoms with Gasteiger partial charge < -0.3 is 9.64 Å². The van der Waals surface area contributed by atoms with Crippen molar-refractivity contribution in [2.45, 2.75) is 18.9 Å². The Balaban J connectivity index is 2.36. The number of benzene rings is 1. The van der Waals surface area contributed by atoms with Crippen molar-refractivity contribution in [3.8, 4) is 0 Å². The number of amides is 1. The summed E-state index contributed by atoms with van der Waals surface area (Å²) in [4.78, 5) is 28.6. The summed E-state index contributed by atoms with van der Waals surface area (Å²) in [6, 6.07) is 8.93. The van der Waals surface area contributed by atoms with Crippen LogP contribution in [-0.4, -0.2) is 30.6 Å². The average molecular weight is 274 g/mol. The molecule has 0 radical (unpaired) electrons. The van der Waals surface area contributed by atoms with Gasteiger partial charge in [0.15, 0.2) is 0 Å². The Kier molecular flexibility index (Phi) is 3.91. The van der Waals surface area contributed by atoms with Gasteiger partial charge >= 0.3 is 5.97 Å². The van der Waals surface area contributed by atoms with E-state index in [4.69, 9.17) is 10.3 Å². The highest BCUT2D eigenvalue weighted by Gasteiger charge is 2.54. The van der Waals surface area contributed by atoms with E-state index in [2.05, 4.69) is 10.0 Å². The Morgan fingerprint density at radius 1 is 1.50 bits per heavy atom. The zero-order valence-corrected chi connectivity index (χ0v) is 11.0. The van der Waals surface area contributed by atoms with Crippen LogP contribution in [0.5, 0.6) is 0 Å². The second kappa shape index (κ2) is 5.63. The van der Waals surface area contributed by atoms with E-state index in [1.807, 2.05) is 6.07 Å². The van der Waals surface area contributed by atoms with Gasteiger partial charge in [0.25, 0.3) is 5.91 Å². The van der Waals surface area contributed by atoms with E-state index in [1.165, 1.54) is 4.90 Å². The van der Waals surface area contributed by atoms with E-state index >= 15 is 0 Å². The molecule has 104 valence electrons. The van der Waals surface area contributed by atoms with Crippen LogP contribution >= 0.6 is 0 Å². The van der Waals surface area contributed by atoms with Gasteiger partial charge in [0.1, 0.15) is 0 Å². The minimum atomic E-state index is -1.78. The fourth-order valence-corrected chi connectivity index (χ4v) is 2.21. The normalized spacial score (nSPS) is 21.4. The number of carbonyl (C=O) groups is 2. The molecule has 0 bridgehead atoms. The number of ether oxygens (including phenoxy) is 1. The number of hydrogen-bond donors (Lipinski definition) is 0. The molecule has 20 heavy (non-hydrogen) atoms. The van der Waals surface area contributed by atoms with Crippen molar-refractivity contribution in [1.82, 2.24) is 0 Å². The Hall–Kier alpha value is -2.53. The van der Waals surface area contributed by atoms with E-state index in [-0.39, 0.29) is 13.0 Å². The predicted octanol–water partition coefficient (Wildman–Crippen LogP) is 2.04. The highest BCUT2D eigenvalue weighted by Crippen LogP contribution is 2.32. The van der Waals surface area contributed by atoms with Crippen molar-refractivity contribution >= 4 is 17.6 Å². The Morgan fingerprint density at radius 2 is 2.20 bits per heavy atom. The summed E-state index contributed by atoms with van der Waals surface area (Å²) in [5.41, 5.74) is 7.55. The fourth-order valence-electron chi connectivity index (χ4n) is 2.21. The number of anilines is 1. The molecule has 1 aromatic carbocycles. The number of nitrogens with zero attached hydrogens (tertiary/aromatic N) is 4. The fraction of sp³-hybridized carbons (Fsp3) is 0.385. The SMILES string of the molecule is CCOC(=O)C1(N=[N+]=[N-])CCN(c2ccccc2)C1=O. The highest BCUT2D eigenvalue weighted by atomic mass is 16.5. The smallest absolute Gasteiger partial charge is 0.327 e. The lowest BCUT2D eigenvalue weighted by Gasteiger charge is -2.21. The number of para-hydroxylation sites is 1. The van der Waals surface area contributed by atoms with Crippen molar-refractivity contribution < 1.29 is 14.3 Å². The summed E-state index contributed by atoms with van der Waals surface area (Å²) in [5.74, 6) is -1.33. The van der Waals surface area contributed by atoms with Crippen LogP contribution in [0.4, 0.5) is 5.69 Å². The summed E-state index contributed by atoms with van der Waals surface area (Å²) in [5, 5.41) is 3.45. The highest BCUT2D eigenvalue weighted by molar-refractivity contribution is 6.16. The van der Waals surface area contributed by atoms with E-state index < -0.39 is 17.4 Å².